The third-order valence-corrected chi connectivity index (χ3v) is 5.17. The number of alkyl halides is 7. The topological polar surface area (TPSA) is 47.8 Å². The summed E-state index contributed by atoms with van der Waals surface area (Å²) in [5.74, 6) is -1.14. The lowest BCUT2D eigenvalue weighted by atomic mass is 9.94. The van der Waals surface area contributed by atoms with E-state index in [1.165, 1.54) is 0 Å². The molecular weight excluding hydrogens is 533 g/mol. The van der Waals surface area contributed by atoms with Crippen molar-refractivity contribution in [2.45, 2.75) is 18.0 Å². The summed E-state index contributed by atoms with van der Waals surface area (Å²) in [6, 6.07) is 1.30. The molecule has 0 aliphatic carbocycles. The molecule has 4 nitrogen and oxygen atoms in total. The monoisotopic (exact) mass is 537 g/mol. The summed E-state index contributed by atoms with van der Waals surface area (Å²) in [5, 5.41) is 1.14. The Bertz CT molecular complexity index is 1200. The largest absolute Gasteiger partial charge is 0.435 e. The summed E-state index contributed by atoms with van der Waals surface area (Å²) in [6.45, 7) is 0. The van der Waals surface area contributed by atoms with Gasteiger partial charge in [0.2, 0.25) is 5.95 Å². The van der Waals surface area contributed by atoms with Crippen molar-refractivity contribution in [1.82, 2.24) is 14.8 Å². The Kier molecular flexibility index (Phi) is 6.42. The molecule has 0 N–H and O–H groups in total. The first-order valence-electron chi connectivity index (χ1n) is 8.30. The molecule has 0 amide bonds. The van der Waals surface area contributed by atoms with Crippen LogP contribution in [0.4, 0.5) is 35.1 Å². The lowest BCUT2D eigenvalue weighted by molar-refractivity contribution is -0.348. The predicted octanol–water partition coefficient (Wildman–Crippen LogP) is 7.05. The maximum atomic E-state index is 14.3. The standard InChI is InChI=1S/C18H6Cl3F8N3O/c19-11-2-9(16(23,17(24,25)26)18(27,28)29)3-12(20)13(11)32-6-8(5-31-32)7-1-10(14(21)33)15(22)30-4-7/h1-6H. The van der Waals surface area contributed by atoms with Gasteiger partial charge in [-0.3, -0.25) is 4.79 Å². The molecule has 0 unspecified atom stereocenters. The maximum Gasteiger partial charge on any atom is 0.435 e. The Labute approximate surface area is 193 Å². The Balaban J connectivity index is 2.10. The fourth-order valence-electron chi connectivity index (χ4n) is 2.81. The number of aromatic nitrogens is 3. The summed E-state index contributed by atoms with van der Waals surface area (Å²) in [5.41, 5.74) is -8.23. The molecule has 0 aliphatic rings. The summed E-state index contributed by atoms with van der Waals surface area (Å²) < 4.78 is 107. The van der Waals surface area contributed by atoms with Gasteiger partial charge >= 0.3 is 18.0 Å². The van der Waals surface area contributed by atoms with Gasteiger partial charge in [-0.25, -0.2) is 14.1 Å². The molecule has 0 saturated carbocycles. The number of benzene rings is 1. The van der Waals surface area contributed by atoms with Crippen molar-refractivity contribution in [3.05, 3.63) is 63.9 Å². The van der Waals surface area contributed by atoms with Crippen molar-refractivity contribution in [3.8, 4) is 16.8 Å². The number of halogens is 11. The number of hydrogen-bond acceptors (Lipinski definition) is 3. The van der Waals surface area contributed by atoms with E-state index in [9.17, 15) is 39.9 Å². The van der Waals surface area contributed by atoms with Crippen LogP contribution in [0.3, 0.4) is 0 Å². The first-order valence-corrected chi connectivity index (χ1v) is 9.44. The highest BCUT2D eigenvalue weighted by atomic mass is 35.5. The van der Waals surface area contributed by atoms with Crippen molar-refractivity contribution < 1.29 is 39.9 Å². The second kappa shape index (κ2) is 8.41. The summed E-state index contributed by atoms with van der Waals surface area (Å²) in [4.78, 5) is 14.6. The highest BCUT2D eigenvalue weighted by Crippen LogP contribution is 2.54. The van der Waals surface area contributed by atoms with Crippen LogP contribution in [0.25, 0.3) is 16.8 Å². The average Bonchev–Trinajstić information content (AvgIpc) is 3.14. The van der Waals surface area contributed by atoms with Gasteiger partial charge in [0.1, 0.15) is 5.69 Å². The molecule has 15 heteroatoms. The van der Waals surface area contributed by atoms with Crippen LogP contribution in [0, 0.1) is 5.95 Å². The molecule has 0 bridgehead atoms. The van der Waals surface area contributed by atoms with E-state index >= 15 is 0 Å². The summed E-state index contributed by atoms with van der Waals surface area (Å²) in [7, 11) is 0. The third-order valence-electron chi connectivity index (χ3n) is 4.39. The summed E-state index contributed by atoms with van der Waals surface area (Å²) >= 11 is 17.0. The molecule has 0 atom stereocenters. The zero-order valence-corrected chi connectivity index (χ0v) is 17.6. The molecule has 33 heavy (non-hydrogen) atoms. The molecule has 0 radical (unpaired) electrons. The van der Waals surface area contributed by atoms with E-state index in [1.54, 1.807) is 0 Å². The molecule has 3 aromatic rings. The van der Waals surface area contributed by atoms with E-state index < -0.39 is 50.4 Å². The first-order chi connectivity index (χ1) is 15.1. The fourth-order valence-corrected chi connectivity index (χ4v) is 3.60. The first kappa shape index (κ1) is 25.2. The zero-order chi connectivity index (χ0) is 24.9. The average molecular weight is 539 g/mol. The number of rotatable bonds is 4. The van der Waals surface area contributed by atoms with Gasteiger partial charge in [0, 0.05) is 29.1 Å². The molecule has 0 saturated heterocycles. The van der Waals surface area contributed by atoms with E-state index in [0.29, 0.717) is 0 Å². The minimum absolute atomic E-state index is 0.132. The molecular formula is C18H6Cl3F8N3O. The molecule has 2 heterocycles. The minimum atomic E-state index is -6.36. The van der Waals surface area contributed by atoms with Crippen LogP contribution in [-0.2, 0) is 5.67 Å². The SMILES string of the molecule is O=C(Cl)c1cc(-c2cnn(-c3c(Cl)cc(C(F)(C(F)(F)F)C(F)(F)F)cc3Cl)c2)cnc1F. The quantitative estimate of drug-likeness (QED) is 0.203. The third kappa shape index (κ3) is 4.38. The number of nitrogens with zero attached hydrogens (tertiary/aromatic N) is 3. The molecule has 2 aromatic heterocycles. The van der Waals surface area contributed by atoms with Crippen LogP contribution in [0.15, 0.2) is 36.8 Å². The molecule has 0 fully saturated rings. The lowest BCUT2D eigenvalue weighted by Crippen LogP contribution is -2.50. The molecule has 0 spiro atoms. The van der Waals surface area contributed by atoms with Gasteiger partial charge in [-0.05, 0) is 29.8 Å². The van der Waals surface area contributed by atoms with Gasteiger partial charge in [-0.15, -0.1) is 0 Å². The highest BCUT2D eigenvalue weighted by molar-refractivity contribution is 6.67. The van der Waals surface area contributed by atoms with E-state index in [1.807, 2.05) is 0 Å². The maximum absolute atomic E-state index is 14.3. The second-order valence-corrected chi connectivity index (χ2v) is 7.61. The van der Waals surface area contributed by atoms with Crippen LogP contribution in [-0.4, -0.2) is 32.4 Å². The Morgan fingerprint density at radius 3 is 1.91 bits per heavy atom. The fraction of sp³-hybridized carbons (Fsp3) is 0.167. The minimum Gasteiger partial charge on any atom is -0.275 e. The van der Waals surface area contributed by atoms with Crippen LogP contribution in [0.1, 0.15) is 15.9 Å². The van der Waals surface area contributed by atoms with Crippen molar-refractivity contribution >= 4 is 40.0 Å². The van der Waals surface area contributed by atoms with Crippen LogP contribution in [0.5, 0.6) is 0 Å². The molecule has 1 aromatic carbocycles. The molecule has 176 valence electrons. The highest BCUT2D eigenvalue weighted by Gasteiger charge is 2.73. The molecule has 3 rings (SSSR count). The Morgan fingerprint density at radius 1 is 0.879 bits per heavy atom. The van der Waals surface area contributed by atoms with Crippen molar-refractivity contribution in [3.63, 3.8) is 0 Å². The van der Waals surface area contributed by atoms with E-state index in [-0.39, 0.29) is 28.9 Å². The van der Waals surface area contributed by atoms with Crippen molar-refractivity contribution in [2.75, 3.05) is 0 Å². The number of hydrogen-bond donors (Lipinski definition) is 0. The molecule has 0 aliphatic heterocycles. The van der Waals surface area contributed by atoms with Crippen LogP contribution >= 0.6 is 34.8 Å². The smallest absolute Gasteiger partial charge is 0.275 e. The van der Waals surface area contributed by atoms with Crippen molar-refractivity contribution in [2.24, 2.45) is 0 Å². The van der Waals surface area contributed by atoms with Gasteiger partial charge in [0.05, 0.1) is 21.8 Å². The van der Waals surface area contributed by atoms with Gasteiger partial charge in [0.15, 0.2) is 0 Å². The Hall–Kier alpha value is -2.44. The number of carbonyl (C=O) groups is 1. The van der Waals surface area contributed by atoms with Gasteiger partial charge in [-0.2, -0.15) is 35.8 Å². The zero-order valence-electron chi connectivity index (χ0n) is 15.4. The van der Waals surface area contributed by atoms with E-state index in [2.05, 4.69) is 10.1 Å². The van der Waals surface area contributed by atoms with Gasteiger partial charge in [-0.1, -0.05) is 23.2 Å². The van der Waals surface area contributed by atoms with Gasteiger partial charge in [0.25, 0.3) is 5.24 Å². The van der Waals surface area contributed by atoms with E-state index in [0.717, 1.165) is 29.3 Å². The summed E-state index contributed by atoms with van der Waals surface area (Å²) in [6.07, 6.45) is -9.42. The van der Waals surface area contributed by atoms with Crippen LogP contribution < -0.4 is 0 Å². The Morgan fingerprint density at radius 2 is 1.42 bits per heavy atom. The lowest BCUT2D eigenvalue weighted by Gasteiger charge is -2.30. The number of pyridine rings is 1. The normalized spacial score (nSPS) is 12.8. The van der Waals surface area contributed by atoms with Crippen molar-refractivity contribution in [1.29, 1.82) is 0 Å². The predicted molar refractivity (Wildman–Crippen MR) is 102 cm³/mol. The van der Waals surface area contributed by atoms with Gasteiger partial charge < -0.3 is 0 Å². The van der Waals surface area contributed by atoms with Crippen LogP contribution in [0.2, 0.25) is 10.0 Å². The number of carbonyl (C=O) groups excluding carboxylic acids is 1. The van der Waals surface area contributed by atoms with E-state index in [4.69, 9.17) is 34.8 Å². The second-order valence-electron chi connectivity index (χ2n) is 6.45.